The second-order valence-corrected chi connectivity index (χ2v) is 6.79. The summed E-state index contributed by atoms with van der Waals surface area (Å²) < 4.78 is 19.4. The molecular formula is C17H25ClFN3O. The van der Waals surface area contributed by atoms with Crippen LogP contribution in [0.3, 0.4) is 0 Å². The van der Waals surface area contributed by atoms with Crippen LogP contribution in [0.15, 0.2) is 23.2 Å². The van der Waals surface area contributed by atoms with Gasteiger partial charge in [0.2, 0.25) is 0 Å². The van der Waals surface area contributed by atoms with Crippen molar-refractivity contribution in [2.75, 3.05) is 20.2 Å². The summed E-state index contributed by atoms with van der Waals surface area (Å²) >= 11 is 6.14. The molecule has 0 heterocycles. The van der Waals surface area contributed by atoms with Crippen LogP contribution in [0.4, 0.5) is 4.39 Å². The summed E-state index contributed by atoms with van der Waals surface area (Å²) in [5.74, 6) is 0.565. The first-order chi connectivity index (χ1) is 10.9. The number of nitrogens with zero attached hydrogens (tertiary/aromatic N) is 1. The molecule has 0 saturated heterocycles. The fourth-order valence-corrected chi connectivity index (χ4v) is 2.67. The SMILES string of the molecule is CCNC(=NCC(C)(C)OC)NC1CC1c1c(F)cccc1Cl. The van der Waals surface area contributed by atoms with Gasteiger partial charge in [-0.2, -0.15) is 0 Å². The molecule has 2 unspecified atom stereocenters. The third-order valence-electron chi connectivity index (χ3n) is 4.00. The van der Waals surface area contributed by atoms with Crippen molar-refractivity contribution in [2.24, 2.45) is 4.99 Å². The van der Waals surface area contributed by atoms with Gasteiger partial charge in [-0.25, -0.2) is 4.39 Å². The van der Waals surface area contributed by atoms with Crippen LogP contribution in [0.25, 0.3) is 0 Å². The molecule has 1 fully saturated rings. The first-order valence-corrected chi connectivity index (χ1v) is 8.29. The molecule has 1 aromatic rings. The minimum Gasteiger partial charge on any atom is -0.377 e. The van der Waals surface area contributed by atoms with Gasteiger partial charge in [0.15, 0.2) is 5.96 Å². The van der Waals surface area contributed by atoms with E-state index in [9.17, 15) is 4.39 Å². The average Bonchev–Trinajstić information content (AvgIpc) is 3.24. The zero-order chi connectivity index (χ0) is 17.0. The predicted octanol–water partition coefficient (Wildman–Crippen LogP) is 3.32. The number of methoxy groups -OCH3 is 1. The van der Waals surface area contributed by atoms with E-state index < -0.39 is 0 Å². The number of benzene rings is 1. The van der Waals surface area contributed by atoms with Crippen LogP contribution >= 0.6 is 11.6 Å². The largest absolute Gasteiger partial charge is 0.377 e. The van der Waals surface area contributed by atoms with Crippen molar-refractivity contribution in [3.63, 3.8) is 0 Å². The smallest absolute Gasteiger partial charge is 0.191 e. The van der Waals surface area contributed by atoms with E-state index in [0.717, 1.165) is 18.9 Å². The van der Waals surface area contributed by atoms with E-state index >= 15 is 0 Å². The van der Waals surface area contributed by atoms with E-state index in [2.05, 4.69) is 15.6 Å². The first-order valence-electron chi connectivity index (χ1n) is 7.92. The molecule has 4 nitrogen and oxygen atoms in total. The number of aliphatic imine (C=N–C) groups is 1. The lowest BCUT2D eigenvalue weighted by Gasteiger charge is -2.21. The Morgan fingerprint density at radius 2 is 2.22 bits per heavy atom. The summed E-state index contributed by atoms with van der Waals surface area (Å²) in [5.41, 5.74) is 0.278. The van der Waals surface area contributed by atoms with Crippen LogP contribution in [-0.4, -0.2) is 37.8 Å². The number of rotatable bonds is 6. The molecule has 0 amide bonds. The fraction of sp³-hybridized carbons (Fsp3) is 0.588. The van der Waals surface area contributed by atoms with E-state index in [4.69, 9.17) is 16.3 Å². The Labute approximate surface area is 142 Å². The maximum Gasteiger partial charge on any atom is 0.191 e. The van der Waals surface area contributed by atoms with Gasteiger partial charge in [0.05, 0.1) is 12.1 Å². The van der Waals surface area contributed by atoms with Crippen molar-refractivity contribution < 1.29 is 9.13 Å². The van der Waals surface area contributed by atoms with E-state index in [0.29, 0.717) is 17.1 Å². The molecule has 1 aliphatic carbocycles. The van der Waals surface area contributed by atoms with Gasteiger partial charge in [-0.05, 0) is 39.3 Å². The molecule has 1 saturated carbocycles. The Balaban J connectivity index is 2.01. The number of ether oxygens (including phenoxy) is 1. The monoisotopic (exact) mass is 341 g/mol. The lowest BCUT2D eigenvalue weighted by atomic mass is 10.1. The molecular weight excluding hydrogens is 317 g/mol. The van der Waals surface area contributed by atoms with Gasteiger partial charge >= 0.3 is 0 Å². The Kier molecular flexibility index (Phi) is 5.87. The topological polar surface area (TPSA) is 45.7 Å². The van der Waals surface area contributed by atoms with Gasteiger partial charge in [-0.15, -0.1) is 0 Å². The number of guanidine groups is 1. The van der Waals surface area contributed by atoms with Gasteiger partial charge in [0.25, 0.3) is 0 Å². The lowest BCUT2D eigenvalue weighted by Crippen LogP contribution is -2.40. The van der Waals surface area contributed by atoms with Crippen LogP contribution < -0.4 is 10.6 Å². The number of hydrogen-bond donors (Lipinski definition) is 2. The van der Waals surface area contributed by atoms with E-state index in [1.165, 1.54) is 6.07 Å². The van der Waals surface area contributed by atoms with Crippen LogP contribution in [0, 0.1) is 5.82 Å². The quantitative estimate of drug-likeness (QED) is 0.616. The summed E-state index contributed by atoms with van der Waals surface area (Å²) in [6, 6.07) is 4.96. The van der Waals surface area contributed by atoms with Gasteiger partial charge < -0.3 is 15.4 Å². The van der Waals surface area contributed by atoms with Crippen molar-refractivity contribution >= 4 is 17.6 Å². The highest BCUT2D eigenvalue weighted by molar-refractivity contribution is 6.31. The van der Waals surface area contributed by atoms with Crippen molar-refractivity contribution in [2.45, 2.75) is 44.8 Å². The van der Waals surface area contributed by atoms with Crippen molar-refractivity contribution in [1.82, 2.24) is 10.6 Å². The van der Waals surface area contributed by atoms with Gasteiger partial charge in [-0.3, -0.25) is 4.99 Å². The second kappa shape index (κ2) is 7.49. The highest BCUT2D eigenvalue weighted by Gasteiger charge is 2.42. The van der Waals surface area contributed by atoms with Crippen molar-refractivity contribution in [3.8, 4) is 0 Å². The molecule has 1 aliphatic rings. The lowest BCUT2D eigenvalue weighted by molar-refractivity contribution is 0.0310. The zero-order valence-electron chi connectivity index (χ0n) is 14.1. The molecule has 0 spiro atoms. The summed E-state index contributed by atoms with van der Waals surface area (Å²) in [7, 11) is 1.67. The highest BCUT2D eigenvalue weighted by atomic mass is 35.5. The van der Waals surface area contributed by atoms with Crippen LogP contribution in [0.2, 0.25) is 5.02 Å². The van der Waals surface area contributed by atoms with Gasteiger partial charge in [0, 0.05) is 36.2 Å². The number of nitrogens with one attached hydrogen (secondary N) is 2. The maximum absolute atomic E-state index is 14.0. The Morgan fingerprint density at radius 3 is 2.83 bits per heavy atom. The maximum atomic E-state index is 14.0. The van der Waals surface area contributed by atoms with Gasteiger partial charge in [-0.1, -0.05) is 17.7 Å². The Bertz CT molecular complexity index is 557. The molecule has 23 heavy (non-hydrogen) atoms. The zero-order valence-corrected chi connectivity index (χ0v) is 14.9. The standard InChI is InChI=1S/C17H25ClFN3O/c1-5-20-16(21-10-17(2,3)23-4)22-14-9-11(14)15-12(18)7-6-8-13(15)19/h6-8,11,14H,5,9-10H2,1-4H3,(H2,20,21,22). The molecule has 0 aromatic heterocycles. The molecule has 2 N–H and O–H groups in total. The predicted molar refractivity (Wildman–Crippen MR) is 92.8 cm³/mol. The van der Waals surface area contributed by atoms with Gasteiger partial charge in [0.1, 0.15) is 5.82 Å². The molecule has 1 aromatic carbocycles. The van der Waals surface area contributed by atoms with Crippen molar-refractivity contribution in [3.05, 3.63) is 34.6 Å². The van der Waals surface area contributed by atoms with Crippen LogP contribution in [0.1, 0.15) is 38.7 Å². The highest BCUT2D eigenvalue weighted by Crippen LogP contribution is 2.44. The molecule has 0 bridgehead atoms. The molecule has 2 rings (SSSR count). The molecule has 6 heteroatoms. The van der Waals surface area contributed by atoms with E-state index in [1.807, 2.05) is 20.8 Å². The molecule has 0 aliphatic heterocycles. The fourth-order valence-electron chi connectivity index (χ4n) is 2.37. The summed E-state index contributed by atoms with van der Waals surface area (Å²) in [6.45, 7) is 7.28. The average molecular weight is 342 g/mol. The first kappa shape index (κ1) is 18.0. The van der Waals surface area contributed by atoms with E-state index in [1.54, 1.807) is 19.2 Å². The summed E-state index contributed by atoms with van der Waals surface area (Å²) in [6.07, 6.45) is 0.846. The third-order valence-corrected chi connectivity index (χ3v) is 4.33. The summed E-state index contributed by atoms with van der Waals surface area (Å²) in [5, 5.41) is 7.05. The van der Waals surface area contributed by atoms with Crippen molar-refractivity contribution in [1.29, 1.82) is 0 Å². The molecule has 2 atom stereocenters. The Morgan fingerprint density at radius 1 is 1.48 bits per heavy atom. The second-order valence-electron chi connectivity index (χ2n) is 6.39. The van der Waals surface area contributed by atoms with E-state index in [-0.39, 0.29) is 23.4 Å². The third kappa shape index (κ3) is 4.82. The minimum atomic E-state index is -0.319. The number of hydrogen-bond acceptors (Lipinski definition) is 2. The minimum absolute atomic E-state index is 0.0861. The molecule has 0 radical (unpaired) electrons. The Hall–Kier alpha value is -1.33. The van der Waals surface area contributed by atoms with Crippen LogP contribution in [-0.2, 0) is 4.74 Å². The summed E-state index contributed by atoms with van der Waals surface area (Å²) in [4.78, 5) is 4.55. The normalized spacial score (nSPS) is 21.2. The van der Waals surface area contributed by atoms with Crippen LogP contribution in [0.5, 0.6) is 0 Å². The molecule has 128 valence electrons. The number of halogens is 2.